The van der Waals surface area contributed by atoms with Crippen molar-refractivity contribution in [1.29, 1.82) is 0 Å². The van der Waals surface area contributed by atoms with Crippen molar-refractivity contribution in [2.75, 3.05) is 0 Å². The van der Waals surface area contributed by atoms with Crippen molar-refractivity contribution in [1.82, 2.24) is 10.2 Å². The highest BCUT2D eigenvalue weighted by Crippen LogP contribution is 2.65. The van der Waals surface area contributed by atoms with Crippen molar-refractivity contribution in [2.24, 2.45) is 34.5 Å². The minimum atomic E-state index is -0.546. The Morgan fingerprint density at radius 1 is 1.03 bits per heavy atom. The highest BCUT2D eigenvalue weighted by molar-refractivity contribution is 6.00. The largest absolute Gasteiger partial charge is 0.444 e. The molecule has 1 N–H and O–H groups in total. The number of nitrogens with one attached hydrogen (secondary N) is 1. The van der Waals surface area contributed by atoms with Crippen molar-refractivity contribution in [2.45, 2.75) is 98.3 Å². The maximum absolute atomic E-state index is 13.3. The number of ether oxygens (including phenoxy) is 1. The molecule has 1 aromatic rings. The number of amides is 3. The Kier molecular flexibility index (Phi) is 6.76. The van der Waals surface area contributed by atoms with Gasteiger partial charge in [-0.05, 0) is 95.0 Å². The van der Waals surface area contributed by atoms with Gasteiger partial charge in [-0.1, -0.05) is 49.8 Å². The Hall–Kier alpha value is -2.63. The molecule has 3 fully saturated rings. The molecule has 0 spiro atoms. The van der Waals surface area contributed by atoms with E-state index in [1.807, 2.05) is 52.0 Å². The van der Waals surface area contributed by atoms with Gasteiger partial charge in [-0.15, -0.1) is 0 Å². The molecular weight excluding hydrogens is 476 g/mol. The molecule has 4 aliphatic rings. The number of carbonyl (C=O) groups excluding carboxylic acids is 3. The quantitative estimate of drug-likeness (QED) is 0.517. The lowest BCUT2D eigenvalue weighted by molar-refractivity contribution is -0.142. The van der Waals surface area contributed by atoms with Gasteiger partial charge in [0.2, 0.25) is 5.91 Å². The summed E-state index contributed by atoms with van der Waals surface area (Å²) in [7, 11) is 0. The van der Waals surface area contributed by atoms with Crippen LogP contribution in [0.15, 0.2) is 36.4 Å². The van der Waals surface area contributed by atoms with Crippen molar-refractivity contribution >= 4 is 17.9 Å². The maximum Gasteiger partial charge on any atom is 0.417 e. The van der Waals surface area contributed by atoms with Gasteiger partial charge in [0.15, 0.2) is 0 Å². The second-order valence-corrected chi connectivity index (χ2v) is 13.8. The molecule has 0 radical (unpaired) electrons. The van der Waals surface area contributed by atoms with Gasteiger partial charge in [-0.25, -0.2) is 9.69 Å². The van der Waals surface area contributed by atoms with E-state index in [0.717, 1.165) is 49.7 Å². The molecular formula is C32H44N2O4. The molecule has 6 heteroatoms. The van der Waals surface area contributed by atoms with E-state index in [-0.39, 0.29) is 46.7 Å². The fourth-order valence-corrected chi connectivity index (χ4v) is 8.50. The minimum absolute atomic E-state index is 0.000548. The standard InChI is InChI=1S/C32H44N2O4/c1-20-7-9-21(10-8-20)19-38-29(37)34-26-14-11-22-23-12-13-25(28(36)33-30(2,3)4)31(23,5)17-15-24(22)32(26,6)18-16-27(34)35/h7-10,16,18,22-26H,11-15,17,19H2,1-6H3,(H,33,36)/t22-,23-,24-,25+,26+,31-,32+/m0/s1. The molecule has 0 unspecified atom stereocenters. The molecule has 3 aliphatic carbocycles. The van der Waals surface area contributed by atoms with Crippen LogP contribution in [0, 0.1) is 41.4 Å². The van der Waals surface area contributed by atoms with Crippen LogP contribution >= 0.6 is 0 Å². The van der Waals surface area contributed by atoms with Crippen LogP contribution in [0.5, 0.6) is 0 Å². The Balaban J connectivity index is 1.33. The van der Waals surface area contributed by atoms with Gasteiger partial charge < -0.3 is 10.1 Å². The number of fused-ring (bicyclic) bond motifs is 5. The van der Waals surface area contributed by atoms with E-state index in [1.54, 1.807) is 6.08 Å². The molecule has 206 valence electrons. The van der Waals surface area contributed by atoms with Crippen LogP contribution in [-0.2, 0) is 20.9 Å². The molecule has 1 aliphatic heterocycles. The highest BCUT2D eigenvalue weighted by atomic mass is 16.6. The first-order chi connectivity index (χ1) is 17.8. The van der Waals surface area contributed by atoms with Crippen LogP contribution in [-0.4, -0.2) is 34.4 Å². The monoisotopic (exact) mass is 520 g/mol. The third-order valence-corrected chi connectivity index (χ3v) is 10.4. The lowest BCUT2D eigenvalue weighted by Gasteiger charge is -2.60. The lowest BCUT2D eigenvalue weighted by Crippen LogP contribution is -2.62. The average Bonchev–Trinajstić information content (AvgIpc) is 3.20. The van der Waals surface area contributed by atoms with Gasteiger partial charge in [0, 0.05) is 22.9 Å². The van der Waals surface area contributed by atoms with Crippen molar-refractivity contribution < 1.29 is 19.1 Å². The summed E-state index contributed by atoms with van der Waals surface area (Å²) in [5.41, 5.74) is 1.54. The normalized spacial score (nSPS) is 36.2. The Bertz CT molecular complexity index is 1140. The van der Waals surface area contributed by atoms with Gasteiger partial charge in [0.05, 0.1) is 6.04 Å². The molecule has 6 nitrogen and oxygen atoms in total. The average molecular weight is 521 g/mol. The molecule has 1 aromatic carbocycles. The molecule has 7 atom stereocenters. The van der Waals surface area contributed by atoms with Crippen LogP contribution in [0.3, 0.4) is 0 Å². The second-order valence-electron chi connectivity index (χ2n) is 13.8. The number of hydrogen-bond donors (Lipinski definition) is 1. The van der Waals surface area contributed by atoms with Crippen LogP contribution in [0.4, 0.5) is 4.79 Å². The molecule has 5 rings (SSSR count). The molecule has 3 saturated carbocycles. The summed E-state index contributed by atoms with van der Waals surface area (Å²) in [5.74, 6) is 1.33. The zero-order valence-corrected chi connectivity index (χ0v) is 23.9. The highest BCUT2D eigenvalue weighted by Gasteiger charge is 2.62. The van der Waals surface area contributed by atoms with Crippen LogP contribution in [0.2, 0.25) is 0 Å². The van der Waals surface area contributed by atoms with Gasteiger partial charge >= 0.3 is 6.09 Å². The number of aryl methyl sites for hydroxylation is 1. The van der Waals surface area contributed by atoms with E-state index < -0.39 is 6.09 Å². The van der Waals surface area contributed by atoms with Crippen LogP contribution in [0.25, 0.3) is 0 Å². The summed E-state index contributed by atoms with van der Waals surface area (Å²) < 4.78 is 5.66. The molecule has 38 heavy (non-hydrogen) atoms. The van der Waals surface area contributed by atoms with Gasteiger partial charge in [0.25, 0.3) is 5.91 Å². The summed E-state index contributed by atoms with van der Waals surface area (Å²) in [4.78, 5) is 41.0. The minimum Gasteiger partial charge on any atom is -0.444 e. The topological polar surface area (TPSA) is 75.7 Å². The maximum atomic E-state index is 13.3. The van der Waals surface area contributed by atoms with Crippen LogP contribution in [0.1, 0.15) is 84.3 Å². The van der Waals surface area contributed by atoms with Crippen molar-refractivity contribution in [3.8, 4) is 0 Å². The smallest absolute Gasteiger partial charge is 0.417 e. The Labute approximate surface area is 227 Å². The van der Waals surface area contributed by atoms with Crippen molar-refractivity contribution in [3.63, 3.8) is 0 Å². The predicted octanol–water partition coefficient (Wildman–Crippen LogP) is 6.17. The fraction of sp³-hybridized carbons (Fsp3) is 0.656. The van der Waals surface area contributed by atoms with E-state index >= 15 is 0 Å². The summed E-state index contributed by atoms with van der Waals surface area (Å²) in [6, 6.07) is 7.69. The Morgan fingerprint density at radius 2 is 1.74 bits per heavy atom. The van der Waals surface area contributed by atoms with E-state index in [4.69, 9.17) is 4.74 Å². The van der Waals surface area contributed by atoms with E-state index in [1.165, 1.54) is 4.90 Å². The Morgan fingerprint density at radius 3 is 2.42 bits per heavy atom. The summed E-state index contributed by atoms with van der Waals surface area (Å²) >= 11 is 0. The molecule has 3 amide bonds. The number of imide groups is 1. The zero-order chi connectivity index (χ0) is 27.5. The summed E-state index contributed by atoms with van der Waals surface area (Å²) in [5, 5.41) is 3.25. The summed E-state index contributed by atoms with van der Waals surface area (Å²) in [6.45, 7) is 12.9. The van der Waals surface area contributed by atoms with Crippen LogP contribution < -0.4 is 5.32 Å². The second kappa shape index (κ2) is 9.53. The van der Waals surface area contributed by atoms with Crippen molar-refractivity contribution in [3.05, 3.63) is 47.5 Å². The first-order valence-electron chi connectivity index (χ1n) is 14.4. The van der Waals surface area contributed by atoms with Gasteiger partial charge in [-0.2, -0.15) is 0 Å². The molecule has 0 aromatic heterocycles. The summed E-state index contributed by atoms with van der Waals surface area (Å²) in [6.07, 6.45) is 8.91. The molecule has 0 saturated heterocycles. The van der Waals surface area contributed by atoms with E-state index in [9.17, 15) is 14.4 Å². The number of rotatable bonds is 3. The third-order valence-electron chi connectivity index (χ3n) is 10.4. The number of hydrogen-bond acceptors (Lipinski definition) is 4. The first-order valence-corrected chi connectivity index (χ1v) is 14.4. The van der Waals surface area contributed by atoms with Gasteiger partial charge in [-0.3, -0.25) is 9.59 Å². The lowest BCUT2D eigenvalue weighted by atomic mass is 9.47. The fourth-order valence-electron chi connectivity index (χ4n) is 8.50. The number of benzene rings is 1. The van der Waals surface area contributed by atoms with E-state index in [2.05, 4.69) is 25.2 Å². The first kappa shape index (κ1) is 27.0. The molecule has 0 bridgehead atoms. The molecule has 1 heterocycles. The zero-order valence-electron chi connectivity index (χ0n) is 23.9. The van der Waals surface area contributed by atoms with E-state index in [0.29, 0.717) is 17.8 Å². The third kappa shape index (κ3) is 4.58. The number of nitrogens with zero attached hydrogens (tertiary/aromatic N) is 1. The predicted molar refractivity (Wildman–Crippen MR) is 147 cm³/mol. The number of carbonyl (C=O) groups is 3. The SMILES string of the molecule is Cc1ccc(COC(=O)N2C(=O)C=C[C@]3(C)[C@H]4CC[C@]5(C)[C@@H](C(=O)NC(C)(C)C)CC[C@H]5[C@@H]4CC[C@@H]23)cc1. The van der Waals surface area contributed by atoms with Gasteiger partial charge in [0.1, 0.15) is 6.61 Å².